The van der Waals surface area contributed by atoms with Gasteiger partial charge in [0.25, 0.3) is 0 Å². The summed E-state index contributed by atoms with van der Waals surface area (Å²) in [5.74, 6) is 0.227. The summed E-state index contributed by atoms with van der Waals surface area (Å²) < 4.78 is 66.3. The van der Waals surface area contributed by atoms with Crippen LogP contribution in [0.15, 0.2) is 59.9 Å². The molecule has 0 saturated heterocycles. The Labute approximate surface area is 196 Å². The molecule has 8 nitrogen and oxygen atoms in total. The summed E-state index contributed by atoms with van der Waals surface area (Å²) in [6.07, 6.45) is -0.810. The molecule has 1 atom stereocenters. The summed E-state index contributed by atoms with van der Waals surface area (Å²) >= 11 is 6.13. The molecule has 3 aromatic heterocycles. The van der Waals surface area contributed by atoms with Crippen LogP contribution in [0.1, 0.15) is 12.5 Å². The maximum atomic E-state index is 12.8. The molecule has 0 aliphatic heterocycles. The van der Waals surface area contributed by atoms with Crippen LogP contribution in [0.2, 0.25) is 5.02 Å². The number of nitrogens with zero attached hydrogens (tertiary/aromatic N) is 5. The minimum Gasteiger partial charge on any atom is -0.275 e. The van der Waals surface area contributed by atoms with E-state index in [1.54, 1.807) is 33.6 Å². The van der Waals surface area contributed by atoms with Gasteiger partial charge in [0.1, 0.15) is 17.0 Å². The molecule has 13 heteroatoms. The van der Waals surface area contributed by atoms with E-state index in [0.717, 1.165) is 12.3 Å². The smallest absolute Gasteiger partial charge is 0.275 e. The molecule has 0 saturated carbocycles. The average molecular weight is 507 g/mol. The van der Waals surface area contributed by atoms with Gasteiger partial charge in [0.15, 0.2) is 0 Å². The van der Waals surface area contributed by atoms with E-state index in [2.05, 4.69) is 21.0 Å². The molecule has 0 amide bonds. The van der Waals surface area contributed by atoms with Gasteiger partial charge in [0.2, 0.25) is 16.0 Å². The predicted octanol–water partition coefficient (Wildman–Crippen LogP) is 4.24. The van der Waals surface area contributed by atoms with E-state index in [1.807, 2.05) is 0 Å². The second-order valence-corrected chi connectivity index (χ2v) is 9.30. The van der Waals surface area contributed by atoms with E-state index in [9.17, 15) is 26.9 Å². The minimum absolute atomic E-state index is 0.180. The number of rotatable bonds is 5. The lowest BCUT2D eigenvalue weighted by molar-refractivity contribution is -0.147. The van der Waals surface area contributed by atoms with Gasteiger partial charge in [-0.1, -0.05) is 11.6 Å². The fraction of sp³-hybridized carbons (Fsp3) is 0.143. The summed E-state index contributed by atoms with van der Waals surface area (Å²) in [4.78, 5) is 12.1. The molecule has 3 heterocycles. The lowest BCUT2D eigenvalue weighted by Gasteiger charge is -2.17. The maximum Gasteiger partial charge on any atom is 0.404 e. The van der Waals surface area contributed by atoms with Crippen molar-refractivity contribution < 1.29 is 21.6 Å². The van der Waals surface area contributed by atoms with Crippen LogP contribution >= 0.6 is 11.6 Å². The first-order valence-electron chi connectivity index (χ1n) is 9.60. The van der Waals surface area contributed by atoms with Gasteiger partial charge in [-0.3, -0.25) is 9.55 Å². The number of aromatic nitrogens is 4. The number of hydrogen-bond donors (Lipinski definition) is 1. The fourth-order valence-electron chi connectivity index (χ4n) is 3.28. The van der Waals surface area contributed by atoms with Gasteiger partial charge in [-0.2, -0.15) is 23.2 Å². The number of fused-ring (bicyclic) bond motifs is 1. The standard InChI is InChI=1S/C21H14ClF3N6O2S/c1-12(21(23,24)25)30-34(32,33)14-4-5-17(29-11-14)19-16(10-26)15-9-13(22)3-6-18(15)31(19)20-27-7-2-8-28-20/h2-9,11-12,30H,1H3/t12-/m0/s1. The third kappa shape index (κ3) is 4.33. The van der Waals surface area contributed by atoms with E-state index in [0.29, 0.717) is 22.8 Å². The van der Waals surface area contributed by atoms with Crippen molar-refractivity contribution in [1.29, 1.82) is 5.26 Å². The highest BCUT2D eigenvalue weighted by Gasteiger charge is 2.39. The van der Waals surface area contributed by atoms with Crippen LogP contribution in [-0.4, -0.2) is 40.2 Å². The van der Waals surface area contributed by atoms with Crippen molar-refractivity contribution in [1.82, 2.24) is 24.2 Å². The van der Waals surface area contributed by atoms with Crippen LogP contribution in [0.25, 0.3) is 28.2 Å². The second kappa shape index (κ2) is 8.68. The Bertz CT molecular complexity index is 1510. The van der Waals surface area contributed by atoms with Crippen molar-refractivity contribution >= 4 is 32.5 Å². The molecular formula is C21H14ClF3N6O2S. The van der Waals surface area contributed by atoms with Crippen LogP contribution in [-0.2, 0) is 10.0 Å². The molecule has 0 aliphatic rings. The van der Waals surface area contributed by atoms with Gasteiger partial charge < -0.3 is 0 Å². The van der Waals surface area contributed by atoms with Crippen LogP contribution < -0.4 is 4.72 Å². The number of pyridine rings is 1. The summed E-state index contributed by atoms with van der Waals surface area (Å²) in [5, 5.41) is 10.8. The molecule has 4 rings (SSSR count). The monoisotopic (exact) mass is 506 g/mol. The van der Waals surface area contributed by atoms with Crippen molar-refractivity contribution in [3.63, 3.8) is 0 Å². The SMILES string of the molecule is C[C@H](NS(=O)(=O)c1ccc(-c2c(C#N)c3cc(Cl)ccc3n2-c2ncccn2)nc1)C(F)(F)F. The third-order valence-electron chi connectivity index (χ3n) is 4.91. The Morgan fingerprint density at radius 1 is 1.15 bits per heavy atom. The minimum atomic E-state index is -4.75. The van der Waals surface area contributed by atoms with E-state index in [-0.39, 0.29) is 22.9 Å². The fourth-order valence-corrected chi connectivity index (χ4v) is 4.63. The maximum absolute atomic E-state index is 12.8. The molecule has 1 N–H and O–H groups in total. The van der Waals surface area contributed by atoms with Crippen LogP contribution in [0.3, 0.4) is 0 Å². The van der Waals surface area contributed by atoms with E-state index in [1.165, 1.54) is 18.5 Å². The summed E-state index contributed by atoms with van der Waals surface area (Å²) in [6, 6.07) is 8.75. The van der Waals surface area contributed by atoms with Crippen LogP contribution in [0, 0.1) is 11.3 Å². The Hall–Kier alpha value is -3.53. The van der Waals surface area contributed by atoms with E-state index < -0.39 is 27.1 Å². The first-order chi connectivity index (χ1) is 16.0. The van der Waals surface area contributed by atoms with Gasteiger partial charge in [-0.15, -0.1) is 0 Å². The zero-order valence-corrected chi connectivity index (χ0v) is 18.8. The first kappa shape index (κ1) is 23.6. The second-order valence-electron chi connectivity index (χ2n) is 7.14. The Balaban J connectivity index is 1.87. The number of nitrogens with one attached hydrogen (secondary N) is 1. The molecule has 0 bridgehead atoms. The van der Waals surface area contributed by atoms with Crippen molar-refractivity contribution in [3.05, 3.63) is 65.6 Å². The first-order valence-corrected chi connectivity index (χ1v) is 11.5. The number of nitriles is 1. The molecule has 34 heavy (non-hydrogen) atoms. The molecule has 0 spiro atoms. The van der Waals surface area contributed by atoms with Crippen LogP contribution in [0.5, 0.6) is 0 Å². The third-order valence-corrected chi connectivity index (χ3v) is 6.67. The largest absolute Gasteiger partial charge is 0.404 e. The molecule has 0 fully saturated rings. The van der Waals surface area contributed by atoms with Gasteiger partial charge in [0.05, 0.1) is 22.5 Å². The molecule has 174 valence electrons. The zero-order chi connectivity index (χ0) is 24.7. The zero-order valence-electron chi connectivity index (χ0n) is 17.2. The molecule has 4 aromatic rings. The van der Waals surface area contributed by atoms with Crippen molar-refractivity contribution in [2.45, 2.75) is 24.0 Å². The number of benzene rings is 1. The van der Waals surface area contributed by atoms with Crippen molar-refractivity contribution in [3.8, 4) is 23.4 Å². The molecule has 0 unspecified atom stereocenters. The predicted molar refractivity (Wildman–Crippen MR) is 118 cm³/mol. The quantitative estimate of drug-likeness (QED) is 0.433. The van der Waals surface area contributed by atoms with E-state index in [4.69, 9.17) is 11.6 Å². The van der Waals surface area contributed by atoms with Crippen molar-refractivity contribution in [2.24, 2.45) is 0 Å². The Kier molecular flexibility index (Phi) is 6.03. The highest BCUT2D eigenvalue weighted by Crippen LogP contribution is 2.36. The van der Waals surface area contributed by atoms with Gasteiger partial charge in [0, 0.05) is 29.0 Å². The molecule has 0 aliphatic carbocycles. The summed E-state index contributed by atoms with van der Waals surface area (Å²) in [7, 11) is -4.50. The van der Waals surface area contributed by atoms with Gasteiger partial charge in [-0.25, -0.2) is 18.4 Å². The van der Waals surface area contributed by atoms with E-state index >= 15 is 0 Å². The molecular weight excluding hydrogens is 493 g/mol. The number of sulfonamides is 1. The van der Waals surface area contributed by atoms with Gasteiger partial charge >= 0.3 is 6.18 Å². The average Bonchev–Trinajstić information content (AvgIpc) is 3.12. The number of hydrogen-bond acceptors (Lipinski definition) is 6. The molecule has 1 aromatic carbocycles. The van der Waals surface area contributed by atoms with Crippen molar-refractivity contribution in [2.75, 3.05) is 0 Å². The van der Waals surface area contributed by atoms with Gasteiger partial charge in [-0.05, 0) is 43.3 Å². The number of halogens is 4. The summed E-state index contributed by atoms with van der Waals surface area (Å²) in [6.45, 7) is 0.696. The number of alkyl halides is 3. The highest BCUT2D eigenvalue weighted by atomic mass is 35.5. The van der Waals surface area contributed by atoms with Crippen LogP contribution in [0.4, 0.5) is 13.2 Å². The topological polar surface area (TPSA) is 114 Å². The lowest BCUT2D eigenvalue weighted by Crippen LogP contribution is -2.42. The lowest BCUT2D eigenvalue weighted by atomic mass is 10.1. The summed E-state index contributed by atoms with van der Waals surface area (Å²) in [5.41, 5.74) is 1.20. The normalized spacial score (nSPS) is 13.1. The molecule has 0 radical (unpaired) electrons. The highest BCUT2D eigenvalue weighted by molar-refractivity contribution is 7.89. The Morgan fingerprint density at radius 2 is 1.85 bits per heavy atom. The Morgan fingerprint density at radius 3 is 2.44 bits per heavy atom.